The van der Waals surface area contributed by atoms with E-state index in [0.717, 1.165) is 17.8 Å². The third-order valence-electron chi connectivity index (χ3n) is 4.09. The Morgan fingerprint density at radius 2 is 1.95 bits per heavy atom. The number of hydrazone groups is 1. The van der Waals surface area contributed by atoms with Crippen LogP contribution < -0.4 is 10.7 Å². The Hall–Kier alpha value is -1.84. The summed E-state index contributed by atoms with van der Waals surface area (Å²) in [5, 5.41) is 7.17. The van der Waals surface area contributed by atoms with Crippen LogP contribution in [0.25, 0.3) is 0 Å². The van der Waals surface area contributed by atoms with Gasteiger partial charge in [0.25, 0.3) is 0 Å². The van der Waals surface area contributed by atoms with E-state index in [9.17, 15) is 4.79 Å². The van der Waals surface area contributed by atoms with E-state index in [0.29, 0.717) is 17.8 Å². The van der Waals surface area contributed by atoms with Gasteiger partial charge in [-0.3, -0.25) is 0 Å². The number of carbonyl (C=O) groups excluding carboxylic acids is 1. The lowest BCUT2D eigenvalue weighted by atomic mass is 9.76. The van der Waals surface area contributed by atoms with Crippen LogP contribution in [0.2, 0.25) is 0 Å². The summed E-state index contributed by atoms with van der Waals surface area (Å²) in [5.41, 5.74) is 4.55. The molecule has 2 atom stereocenters. The summed E-state index contributed by atoms with van der Waals surface area (Å²) in [4.78, 5) is 11.9. The summed E-state index contributed by atoms with van der Waals surface area (Å²) in [6.45, 7) is 6.69. The van der Waals surface area contributed by atoms with E-state index in [1.54, 1.807) is 0 Å². The fourth-order valence-electron chi connectivity index (χ4n) is 2.89. The van der Waals surface area contributed by atoms with Gasteiger partial charge in [0.1, 0.15) is 0 Å². The summed E-state index contributed by atoms with van der Waals surface area (Å²) in [6.07, 6.45) is 3.40. The molecule has 21 heavy (non-hydrogen) atoms. The SMILES string of the molecule is CC(C)[C@@H]1CC[C@H](C)CC1=NNC(=O)Nc1ccccc1. The van der Waals surface area contributed by atoms with Crippen LogP contribution in [0, 0.1) is 17.8 Å². The maximum Gasteiger partial charge on any atom is 0.339 e. The summed E-state index contributed by atoms with van der Waals surface area (Å²) in [7, 11) is 0. The predicted molar refractivity (Wildman–Crippen MR) is 87.4 cm³/mol. The molecule has 2 rings (SSSR count). The fourth-order valence-corrected chi connectivity index (χ4v) is 2.89. The van der Waals surface area contributed by atoms with Gasteiger partial charge in [-0.25, -0.2) is 10.2 Å². The van der Waals surface area contributed by atoms with E-state index in [1.165, 1.54) is 12.8 Å². The third kappa shape index (κ3) is 4.59. The van der Waals surface area contributed by atoms with Gasteiger partial charge in [-0.05, 0) is 43.2 Å². The number of urea groups is 1. The number of hydrogen-bond donors (Lipinski definition) is 2. The zero-order chi connectivity index (χ0) is 15.2. The van der Waals surface area contributed by atoms with Gasteiger partial charge in [0, 0.05) is 17.3 Å². The first kappa shape index (κ1) is 15.5. The molecule has 0 bridgehead atoms. The number of rotatable bonds is 3. The zero-order valence-electron chi connectivity index (χ0n) is 13.1. The lowest BCUT2D eigenvalue weighted by Gasteiger charge is -2.30. The summed E-state index contributed by atoms with van der Waals surface area (Å²) < 4.78 is 0. The standard InChI is InChI=1S/C17H25N3O/c1-12(2)15-10-9-13(3)11-16(15)19-20-17(21)18-14-7-5-4-6-8-14/h4-8,12-13,15H,9-11H2,1-3H3,(H2,18,20,21)/t13-,15-/m0/s1. The highest BCUT2D eigenvalue weighted by Gasteiger charge is 2.27. The molecule has 0 heterocycles. The lowest BCUT2D eigenvalue weighted by molar-refractivity contribution is 0.252. The Morgan fingerprint density at radius 3 is 2.62 bits per heavy atom. The van der Waals surface area contributed by atoms with Gasteiger partial charge >= 0.3 is 6.03 Å². The van der Waals surface area contributed by atoms with Crippen molar-refractivity contribution in [3.63, 3.8) is 0 Å². The minimum absolute atomic E-state index is 0.283. The Bertz CT molecular complexity index is 496. The molecule has 4 nitrogen and oxygen atoms in total. The van der Waals surface area contributed by atoms with Crippen LogP contribution in [0.4, 0.5) is 10.5 Å². The molecule has 1 fully saturated rings. The molecule has 1 aliphatic rings. The lowest BCUT2D eigenvalue weighted by Crippen LogP contribution is -2.32. The first-order valence-corrected chi connectivity index (χ1v) is 7.74. The normalized spacial score (nSPS) is 24.1. The zero-order valence-corrected chi connectivity index (χ0v) is 13.1. The van der Waals surface area contributed by atoms with E-state index in [-0.39, 0.29) is 6.03 Å². The molecule has 1 saturated carbocycles. The van der Waals surface area contributed by atoms with Crippen molar-refractivity contribution in [3.8, 4) is 0 Å². The van der Waals surface area contributed by atoms with Gasteiger partial charge in [-0.2, -0.15) is 5.10 Å². The van der Waals surface area contributed by atoms with E-state index < -0.39 is 0 Å². The molecular formula is C17H25N3O. The van der Waals surface area contributed by atoms with Crippen molar-refractivity contribution in [2.24, 2.45) is 22.9 Å². The molecule has 1 aliphatic carbocycles. The van der Waals surface area contributed by atoms with Crippen LogP contribution in [-0.4, -0.2) is 11.7 Å². The van der Waals surface area contributed by atoms with Gasteiger partial charge in [0.2, 0.25) is 0 Å². The van der Waals surface area contributed by atoms with Crippen molar-refractivity contribution in [2.45, 2.75) is 40.0 Å². The topological polar surface area (TPSA) is 53.5 Å². The van der Waals surface area contributed by atoms with Crippen LogP contribution in [0.1, 0.15) is 40.0 Å². The maximum absolute atomic E-state index is 11.9. The Balaban J connectivity index is 1.96. The number of benzene rings is 1. The first-order chi connectivity index (χ1) is 10.1. The number of nitrogens with one attached hydrogen (secondary N) is 2. The van der Waals surface area contributed by atoms with Gasteiger partial charge in [-0.15, -0.1) is 0 Å². The Labute approximate surface area is 127 Å². The molecule has 0 aliphatic heterocycles. The molecule has 1 aromatic rings. The molecule has 1 aromatic carbocycles. The van der Waals surface area contributed by atoms with Crippen molar-refractivity contribution in [2.75, 3.05) is 5.32 Å². The number of hydrogen-bond acceptors (Lipinski definition) is 2. The molecule has 0 aromatic heterocycles. The number of nitrogens with zero attached hydrogens (tertiary/aromatic N) is 1. The molecule has 0 unspecified atom stereocenters. The second-order valence-corrected chi connectivity index (χ2v) is 6.27. The molecule has 4 heteroatoms. The Morgan fingerprint density at radius 1 is 1.24 bits per heavy atom. The van der Waals surface area contributed by atoms with Gasteiger partial charge < -0.3 is 5.32 Å². The van der Waals surface area contributed by atoms with Crippen molar-refractivity contribution in [1.29, 1.82) is 0 Å². The van der Waals surface area contributed by atoms with Gasteiger partial charge in [0.15, 0.2) is 0 Å². The Kier molecular flexibility index (Phi) is 5.37. The largest absolute Gasteiger partial charge is 0.339 e. The average Bonchev–Trinajstić information content (AvgIpc) is 2.46. The van der Waals surface area contributed by atoms with Crippen LogP contribution in [0.15, 0.2) is 35.4 Å². The first-order valence-electron chi connectivity index (χ1n) is 7.74. The second kappa shape index (κ2) is 7.25. The highest BCUT2D eigenvalue weighted by Crippen LogP contribution is 2.31. The van der Waals surface area contributed by atoms with E-state index in [2.05, 4.69) is 36.6 Å². The molecule has 2 amide bonds. The van der Waals surface area contributed by atoms with Crippen LogP contribution >= 0.6 is 0 Å². The fraction of sp³-hybridized carbons (Fsp3) is 0.529. The van der Waals surface area contributed by atoms with Crippen molar-refractivity contribution in [1.82, 2.24) is 5.43 Å². The monoisotopic (exact) mass is 287 g/mol. The van der Waals surface area contributed by atoms with Crippen molar-refractivity contribution < 1.29 is 4.79 Å². The summed E-state index contributed by atoms with van der Waals surface area (Å²) in [5.74, 6) is 1.70. The van der Waals surface area contributed by atoms with Crippen LogP contribution in [0.3, 0.4) is 0 Å². The highest BCUT2D eigenvalue weighted by molar-refractivity contribution is 5.92. The molecule has 2 N–H and O–H groups in total. The number of anilines is 1. The van der Waals surface area contributed by atoms with Crippen molar-refractivity contribution in [3.05, 3.63) is 30.3 Å². The number of amides is 2. The summed E-state index contributed by atoms with van der Waals surface area (Å²) >= 11 is 0. The van der Waals surface area contributed by atoms with E-state index in [4.69, 9.17) is 0 Å². The predicted octanol–water partition coefficient (Wildman–Crippen LogP) is 4.26. The quantitative estimate of drug-likeness (QED) is 0.802. The van der Waals surface area contributed by atoms with Gasteiger partial charge in [-0.1, -0.05) is 39.0 Å². The van der Waals surface area contributed by atoms with Crippen LogP contribution in [0.5, 0.6) is 0 Å². The number of para-hydroxylation sites is 1. The maximum atomic E-state index is 11.9. The smallest absolute Gasteiger partial charge is 0.307 e. The van der Waals surface area contributed by atoms with E-state index >= 15 is 0 Å². The molecular weight excluding hydrogens is 262 g/mol. The van der Waals surface area contributed by atoms with Gasteiger partial charge in [0.05, 0.1) is 0 Å². The molecule has 0 saturated heterocycles. The summed E-state index contributed by atoms with van der Waals surface area (Å²) in [6, 6.07) is 9.12. The third-order valence-corrected chi connectivity index (χ3v) is 4.09. The van der Waals surface area contributed by atoms with Crippen molar-refractivity contribution >= 4 is 17.4 Å². The second-order valence-electron chi connectivity index (χ2n) is 6.27. The number of carbonyl (C=O) groups is 1. The minimum atomic E-state index is -0.283. The average molecular weight is 287 g/mol. The molecule has 114 valence electrons. The molecule has 0 spiro atoms. The van der Waals surface area contributed by atoms with Crippen LogP contribution in [-0.2, 0) is 0 Å². The van der Waals surface area contributed by atoms with E-state index in [1.807, 2.05) is 30.3 Å². The highest BCUT2D eigenvalue weighted by atomic mass is 16.2. The molecule has 0 radical (unpaired) electrons. The minimum Gasteiger partial charge on any atom is -0.307 e.